The number of rotatable bonds is 4. The van der Waals surface area contributed by atoms with Crippen LogP contribution in [0, 0.1) is 0 Å². The Bertz CT molecular complexity index is 704. The van der Waals surface area contributed by atoms with Crippen LogP contribution >= 0.6 is 0 Å². The van der Waals surface area contributed by atoms with Gasteiger partial charge in [-0.25, -0.2) is 8.78 Å². The Morgan fingerprint density at radius 1 is 1.10 bits per heavy atom. The van der Waals surface area contributed by atoms with E-state index in [4.69, 9.17) is 0 Å². The van der Waals surface area contributed by atoms with Crippen LogP contribution in [-0.4, -0.2) is 10.2 Å². The van der Waals surface area contributed by atoms with Crippen molar-refractivity contribution in [1.82, 2.24) is 10.2 Å². The first kappa shape index (κ1) is 12.6. The Morgan fingerprint density at radius 3 is 2.65 bits per heavy atom. The Hall–Kier alpha value is -2.43. The van der Waals surface area contributed by atoms with Gasteiger partial charge in [0.05, 0.1) is 11.7 Å². The van der Waals surface area contributed by atoms with E-state index in [1.165, 1.54) is 12.1 Å². The molecule has 0 bridgehead atoms. The van der Waals surface area contributed by atoms with Crippen molar-refractivity contribution in [3.63, 3.8) is 0 Å². The quantitative estimate of drug-likeness (QED) is 0.751. The fourth-order valence-electron chi connectivity index (χ4n) is 2.03. The van der Waals surface area contributed by atoms with Crippen molar-refractivity contribution in [1.29, 1.82) is 0 Å². The summed E-state index contributed by atoms with van der Waals surface area (Å²) >= 11 is 0. The van der Waals surface area contributed by atoms with Crippen LogP contribution < -0.4 is 5.32 Å². The first-order valence-corrected chi connectivity index (χ1v) is 6.26. The number of alkyl halides is 2. The minimum Gasteiger partial charge on any atom is -0.381 e. The minimum atomic E-state index is -2.42. The highest BCUT2D eigenvalue weighted by Gasteiger charge is 2.05. The molecule has 20 heavy (non-hydrogen) atoms. The molecule has 3 aromatic rings. The third-order valence-electron chi connectivity index (χ3n) is 3.17. The second-order valence-corrected chi connectivity index (χ2v) is 4.57. The number of nitrogens with zero attached hydrogens (tertiary/aromatic N) is 1. The van der Waals surface area contributed by atoms with Crippen LogP contribution in [0.5, 0.6) is 0 Å². The zero-order chi connectivity index (χ0) is 13.9. The van der Waals surface area contributed by atoms with E-state index in [0.29, 0.717) is 6.54 Å². The van der Waals surface area contributed by atoms with Gasteiger partial charge in [0.25, 0.3) is 6.43 Å². The Labute approximate surface area is 114 Å². The fraction of sp³-hybridized carbons (Fsp3) is 0.133. The third kappa shape index (κ3) is 2.61. The average molecular weight is 273 g/mol. The number of aromatic amines is 1. The van der Waals surface area contributed by atoms with Crippen molar-refractivity contribution in [3.05, 3.63) is 59.8 Å². The molecule has 3 nitrogen and oxygen atoms in total. The van der Waals surface area contributed by atoms with Crippen LogP contribution in [0.25, 0.3) is 10.9 Å². The van der Waals surface area contributed by atoms with Crippen LogP contribution in [0.3, 0.4) is 0 Å². The molecular formula is C15H13F2N3. The second kappa shape index (κ2) is 5.28. The molecule has 102 valence electrons. The topological polar surface area (TPSA) is 40.7 Å². The van der Waals surface area contributed by atoms with Gasteiger partial charge in [-0.1, -0.05) is 24.3 Å². The number of benzene rings is 2. The van der Waals surface area contributed by atoms with Gasteiger partial charge in [-0.2, -0.15) is 5.10 Å². The first-order chi connectivity index (χ1) is 9.72. The third-order valence-corrected chi connectivity index (χ3v) is 3.17. The summed E-state index contributed by atoms with van der Waals surface area (Å²) < 4.78 is 24.9. The summed E-state index contributed by atoms with van der Waals surface area (Å²) in [5, 5.41) is 11.2. The van der Waals surface area contributed by atoms with Gasteiger partial charge in [0.15, 0.2) is 0 Å². The minimum absolute atomic E-state index is 0.0487. The van der Waals surface area contributed by atoms with Gasteiger partial charge in [0, 0.05) is 23.2 Å². The molecule has 3 rings (SSSR count). The molecule has 0 fully saturated rings. The standard InChI is InChI=1S/C15H13F2N3/c16-15(17)11-3-1-10(2-4-11)8-18-13-6-5-12-9-19-20-14(12)7-13/h1-7,9,15,18H,8H2,(H,19,20). The van der Waals surface area contributed by atoms with E-state index in [1.807, 2.05) is 18.2 Å². The van der Waals surface area contributed by atoms with E-state index in [2.05, 4.69) is 15.5 Å². The van der Waals surface area contributed by atoms with E-state index in [9.17, 15) is 8.78 Å². The predicted octanol–water partition coefficient (Wildman–Crippen LogP) is 4.11. The molecule has 0 aliphatic carbocycles. The monoisotopic (exact) mass is 273 g/mol. The highest BCUT2D eigenvalue weighted by molar-refractivity contribution is 5.81. The summed E-state index contributed by atoms with van der Waals surface area (Å²) in [5.74, 6) is 0. The molecule has 5 heteroatoms. The van der Waals surface area contributed by atoms with Crippen molar-refractivity contribution in [3.8, 4) is 0 Å². The molecule has 0 unspecified atom stereocenters. The maximum absolute atomic E-state index is 12.4. The average Bonchev–Trinajstić information content (AvgIpc) is 2.93. The van der Waals surface area contributed by atoms with E-state index in [1.54, 1.807) is 18.3 Å². The summed E-state index contributed by atoms with van der Waals surface area (Å²) in [5.41, 5.74) is 2.93. The molecule has 0 amide bonds. The molecule has 1 aromatic heterocycles. The highest BCUT2D eigenvalue weighted by atomic mass is 19.3. The van der Waals surface area contributed by atoms with Crippen LogP contribution in [0.4, 0.5) is 14.5 Å². The number of hydrogen-bond acceptors (Lipinski definition) is 2. The number of hydrogen-bond donors (Lipinski definition) is 2. The van der Waals surface area contributed by atoms with E-state index >= 15 is 0 Å². The molecule has 0 aliphatic heterocycles. The largest absolute Gasteiger partial charge is 0.381 e. The predicted molar refractivity (Wildman–Crippen MR) is 74.8 cm³/mol. The molecule has 1 heterocycles. The molecule has 2 aromatic carbocycles. The SMILES string of the molecule is FC(F)c1ccc(CNc2ccc3cn[nH]c3c2)cc1. The fourth-order valence-corrected chi connectivity index (χ4v) is 2.03. The summed E-state index contributed by atoms with van der Waals surface area (Å²) in [6.07, 6.45) is -0.651. The van der Waals surface area contributed by atoms with Gasteiger partial charge in [-0.05, 0) is 23.8 Å². The summed E-state index contributed by atoms with van der Waals surface area (Å²) in [7, 11) is 0. The number of halogens is 2. The molecule has 0 aliphatic rings. The normalized spacial score (nSPS) is 11.2. The molecule has 2 N–H and O–H groups in total. The number of fused-ring (bicyclic) bond motifs is 1. The maximum Gasteiger partial charge on any atom is 0.263 e. The summed E-state index contributed by atoms with van der Waals surface area (Å²) in [6, 6.07) is 12.2. The number of aromatic nitrogens is 2. The molecular weight excluding hydrogens is 260 g/mol. The van der Waals surface area contributed by atoms with Gasteiger partial charge in [0.2, 0.25) is 0 Å². The van der Waals surface area contributed by atoms with Crippen molar-refractivity contribution >= 4 is 16.6 Å². The lowest BCUT2D eigenvalue weighted by Gasteiger charge is -2.07. The van der Waals surface area contributed by atoms with Gasteiger partial charge in [-0.3, -0.25) is 5.10 Å². The second-order valence-electron chi connectivity index (χ2n) is 4.57. The first-order valence-electron chi connectivity index (χ1n) is 6.26. The van der Waals surface area contributed by atoms with Crippen molar-refractivity contribution in [2.24, 2.45) is 0 Å². The summed E-state index contributed by atoms with van der Waals surface area (Å²) in [6.45, 7) is 0.586. The maximum atomic E-state index is 12.4. The number of H-pyrrole nitrogens is 1. The van der Waals surface area contributed by atoms with Gasteiger partial charge >= 0.3 is 0 Å². The number of anilines is 1. The van der Waals surface area contributed by atoms with Gasteiger partial charge < -0.3 is 5.32 Å². The van der Waals surface area contributed by atoms with Gasteiger partial charge in [-0.15, -0.1) is 0 Å². The molecule has 0 radical (unpaired) electrons. The van der Waals surface area contributed by atoms with Crippen molar-refractivity contribution in [2.75, 3.05) is 5.32 Å². The molecule has 0 saturated heterocycles. The Kier molecular flexibility index (Phi) is 3.33. The van der Waals surface area contributed by atoms with Crippen molar-refractivity contribution < 1.29 is 8.78 Å². The van der Waals surface area contributed by atoms with E-state index in [0.717, 1.165) is 22.2 Å². The van der Waals surface area contributed by atoms with Crippen LogP contribution in [0.15, 0.2) is 48.7 Å². The van der Waals surface area contributed by atoms with Crippen molar-refractivity contribution in [2.45, 2.75) is 13.0 Å². The van der Waals surface area contributed by atoms with Crippen LogP contribution in [0.2, 0.25) is 0 Å². The summed E-state index contributed by atoms with van der Waals surface area (Å²) in [4.78, 5) is 0. The smallest absolute Gasteiger partial charge is 0.263 e. The molecule has 0 atom stereocenters. The lowest BCUT2D eigenvalue weighted by Crippen LogP contribution is -1.99. The van der Waals surface area contributed by atoms with E-state index in [-0.39, 0.29) is 5.56 Å². The Morgan fingerprint density at radius 2 is 1.90 bits per heavy atom. The lowest BCUT2D eigenvalue weighted by molar-refractivity contribution is 0.151. The van der Waals surface area contributed by atoms with Crippen LogP contribution in [0.1, 0.15) is 17.6 Å². The number of nitrogens with one attached hydrogen (secondary N) is 2. The van der Waals surface area contributed by atoms with Crippen LogP contribution in [-0.2, 0) is 6.54 Å². The molecule has 0 spiro atoms. The Balaban J connectivity index is 1.69. The zero-order valence-corrected chi connectivity index (χ0v) is 10.6. The molecule has 0 saturated carbocycles. The van der Waals surface area contributed by atoms with Gasteiger partial charge in [0.1, 0.15) is 0 Å². The lowest BCUT2D eigenvalue weighted by atomic mass is 10.1. The van der Waals surface area contributed by atoms with E-state index < -0.39 is 6.43 Å². The highest BCUT2D eigenvalue weighted by Crippen LogP contribution is 2.20. The zero-order valence-electron chi connectivity index (χ0n) is 10.6.